The lowest BCUT2D eigenvalue weighted by Crippen LogP contribution is -2.21. The quantitative estimate of drug-likeness (QED) is 0.377. The molecular weight excluding hydrogens is 328 g/mol. The Balaban J connectivity index is 2.41. The SMILES string of the molecule is O=C1c2cc(O)ccc2C(=O)c2c1cc(S(=O)(=O)O)c(O)c2O. The first kappa shape index (κ1) is 15.0. The summed E-state index contributed by atoms with van der Waals surface area (Å²) in [5, 5.41) is 29.0. The molecular formula is C14H8O8S. The average Bonchev–Trinajstić information content (AvgIpc) is 2.46. The minimum Gasteiger partial charge on any atom is -0.508 e. The van der Waals surface area contributed by atoms with Crippen LogP contribution in [0.5, 0.6) is 17.2 Å². The summed E-state index contributed by atoms with van der Waals surface area (Å²) in [7, 11) is -4.94. The van der Waals surface area contributed by atoms with Crippen molar-refractivity contribution in [3.05, 3.63) is 46.5 Å². The molecule has 1 aliphatic carbocycles. The van der Waals surface area contributed by atoms with Gasteiger partial charge < -0.3 is 15.3 Å². The fourth-order valence-electron chi connectivity index (χ4n) is 2.44. The van der Waals surface area contributed by atoms with Crippen molar-refractivity contribution in [1.82, 2.24) is 0 Å². The first-order chi connectivity index (χ1) is 10.6. The van der Waals surface area contributed by atoms with Gasteiger partial charge in [0.1, 0.15) is 10.6 Å². The number of rotatable bonds is 1. The van der Waals surface area contributed by atoms with Crippen LogP contribution < -0.4 is 0 Å². The molecule has 8 nitrogen and oxygen atoms in total. The van der Waals surface area contributed by atoms with Crippen LogP contribution in [-0.4, -0.2) is 39.9 Å². The minimum atomic E-state index is -4.94. The first-order valence-electron chi connectivity index (χ1n) is 6.11. The van der Waals surface area contributed by atoms with Gasteiger partial charge in [-0.2, -0.15) is 8.42 Å². The van der Waals surface area contributed by atoms with Crippen LogP contribution in [-0.2, 0) is 10.1 Å². The second-order valence-corrected chi connectivity index (χ2v) is 6.25. The van der Waals surface area contributed by atoms with Gasteiger partial charge in [-0.25, -0.2) is 0 Å². The predicted molar refractivity (Wildman–Crippen MR) is 74.6 cm³/mol. The predicted octanol–water partition coefficient (Wildman–Crippen LogP) is 0.826. The van der Waals surface area contributed by atoms with Crippen LogP contribution in [0.4, 0.5) is 0 Å². The van der Waals surface area contributed by atoms with Crippen molar-refractivity contribution in [2.45, 2.75) is 4.90 Å². The van der Waals surface area contributed by atoms with Gasteiger partial charge in [0.2, 0.25) is 0 Å². The number of aromatic hydroxyl groups is 3. The zero-order valence-corrected chi connectivity index (χ0v) is 12.0. The number of carbonyl (C=O) groups is 2. The first-order valence-corrected chi connectivity index (χ1v) is 7.55. The Bertz CT molecular complexity index is 1000. The van der Waals surface area contributed by atoms with E-state index in [1.807, 2.05) is 0 Å². The van der Waals surface area contributed by atoms with Gasteiger partial charge >= 0.3 is 0 Å². The Labute approximate surface area is 129 Å². The van der Waals surface area contributed by atoms with Gasteiger partial charge in [0, 0.05) is 16.7 Å². The number of phenolic OH excluding ortho intramolecular Hbond substituents is 3. The maximum atomic E-state index is 12.4. The van der Waals surface area contributed by atoms with Gasteiger partial charge in [-0.3, -0.25) is 14.1 Å². The van der Waals surface area contributed by atoms with Crippen LogP contribution in [0.1, 0.15) is 31.8 Å². The summed E-state index contributed by atoms with van der Waals surface area (Å²) in [6, 6.07) is 3.96. The summed E-state index contributed by atoms with van der Waals surface area (Å²) < 4.78 is 31.5. The Hall–Kier alpha value is -2.91. The third kappa shape index (κ3) is 2.05. The standard InChI is InChI=1S/C14H8O8S/c15-5-1-2-6-7(3-5)11(16)8-4-9(23(20,21)22)13(18)14(19)10(8)12(6)17/h1-4,15,18-19H,(H,20,21,22). The fraction of sp³-hybridized carbons (Fsp3) is 0. The molecule has 118 valence electrons. The third-order valence-corrected chi connectivity index (χ3v) is 4.35. The summed E-state index contributed by atoms with van der Waals surface area (Å²) in [5.74, 6) is -4.30. The molecule has 0 saturated carbocycles. The van der Waals surface area contributed by atoms with Crippen molar-refractivity contribution < 1.29 is 37.9 Å². The highest BCUT2D eigenvalue weighted by Gasteiger charge is 2.36. The van der Waals surface area contributed by atoms with Crippen LogP contribution in [0.2, 0.25) is 0 Å². The third-order valence-electron chi connectivity index (χ3n) is 3.48. The maximum absolute atomic E-state index is 12.4. The molecule has 2 aromatic carbocycles. The molecule has 0 saturated heterocycles. The lowest BCUT2D eigenvalue weighted by molar-refractivity contribution is 0.0975. The Kier molecular flexibility index (Phi) is 2.96. The zero-order valence-electron chi connectivity index (χ0n) is 11.1. The summed E-state index contributed by atoms with van der Waals surface area (Å²) >= 11 is 0. The molecule has 0 amide bonds. The van der Waals surface area contributed by atoms with Crippen LogP contribution >= 0.6 is 0 Å². The number of hydrogen-bond acceptors (Lipinski definition) is 7. The van der Waals surface area contributed by atoms with E-state index in [1.54, 1.807) is 0 Å². The lowest BCUT2D eigenvalue weighted by atomic mass is 9.83. The van der Waals surface area contributed by atoms with Crippen molar-refractivity contribution >= 4 is 21.7 Å². The van der Waals surface area contributed by atoms with Crippen molar-refractivity contribution in [2.24, 2.45) is 0 Å². The largest absolute Gasteiger partial charge is 0.508 e. The lowest BCUT2D eigenvalue weighted by Gasteiger charge is -2.20. The summed E-state index contributed by atoms with van der Waals surface area (Å²) in [6.07, 6.45) is 0. The van der Waals surface area contributed by atoms with E-state index in [1.165, 1.54) is 12.1 Å². The monoisotopic (exact) mass is 336 g/mol. The topological polar surface area (TPSA) is 149 Å². The molecule has 3 rings (SSSR count). The molecule has 0 aromatic heterocycles. The zero-order chi connectivity index (χ0) is 17.1. The smallest absolute Gasteiger partial charge is 0.298 e. The average molecular weight is 336 g/mol. The molecule has 23 heavy (non-hydrogen) atoms. The number of phenols is 3. The Morgan fingerprint density at radius 1 is 0.783 bits per heavy atom. The molecule has 2 aromatic rings. The molecule has 0 aliphatic heterocycles. The van der Waals surface area contributed by atoms with Gasteiger partial charge in [0.15, 0.2) is 23.1 Å². The van der Waals surface area contributed by atoms with Crippen molar-refractivity contribution in [2.75, 3.05) is 0 Å². The molecule has 4 N–H and O–H groups in total. The summed E-state index contributed by atoms with van der Waals surface area (Å²) in [4.78, 5) is 23.7. The second kappa shape index (κ2) is 4.54. The normalized spacial score (nSPS) is 13.6. The van der Waals surface area contributed by atoms with Crippen LogP contribution in [0.15, 0.2) is 29.2 Å². The van der Waals surface area contributed by atoms with Crippen LogP contribution in [0, 0.1) is 0 Å². The van der Waals surface area contributed by atoms with E-state index in [9.17, 15) is 33.3 Å². The van der Waals surface area contributed by atoms with E-state index in [0.717, 1.165) is 6.07 Å². The maximum Gasteiger partial charge on any atom is 0.298 e. The van der Waals surface area contributed by atoms with E-state index < -0.39 is 49.2 Å². The molecule has 0 spiro atoms. The molecule has 0 fully saturated rings. The fourth-order valence-corrected chi connectivity index (χ4v) is 3.05. The highest BCUT2D eigenvalue weighted by Crippen LogP contribution is 2.42. The molecule has 0 bridgehead atoms. The summed E-state index contributed by atoms with van der Waals surface area (Å²) in [6.45, 7) is 0. The van der Waals surface area contributed by atoms with Gasteiger partial charge in [0.25, 0.3) is 10.1 Å². The number of hydrogen-bond donors (Lipinski definition) is 4. The van der Waals surface area contributed by atoms with E-state index >= 15 is 0 Å². The molecule has 9 heteroatoms. The number of benzene rings is 2. The van der Waals surface area contributed by atoms with E-state index in [4.69, 9.17) is 4.55 Å². The highest BCUT2D eigenvalue weighted by atomic mass is 32.2. The van der Waals surface area contributed by atoms with Gasteiger partial charge in [0.05, 0.1) is 5.56 Å². The van der Waals surface area contributed by atoms with E-state index in [-0.39, 0.29) is 16.9 Å². The highest BCUT2D eigenvalue weighted by molar-refractivity contribution is 7.86. The van der Waals surface area contributed by atoms with Gasteiger partial charge in [-0.15, -0.1) is 0 Å². The molecule has 1 aliphatic rings. The number of ketones is 2. The number of fused-ring (bicyclic) bond motifs is 2. The second-order valence-electron chi connectivity index (χ2n) is 4.86. The number of carbonyl (C=O) groups excluding carboxylic acids is 2. The van der Waals surface area contributed by atoms with Crippen molar-refractivity contribution in [3.8, 4) is 17.2 Å². The van der Waals surface area contributed by atoms with Crippen molar-refractivity contribution in [3.63, 3.8) is 0 Å². The van der Waals surface area contributed by atoms with Gasteiger partial charge in [-0.05, 0) is 24.3 Å². The van der Waals surface area contributed by atoms with Crippen LogP contribution in [0.25, 0.3) is 0 Å². The Morgan fingerprint density at radius 3 is 2.04 bits per heavy atom. The molecule has 0 unspecified atom stereocenters. The molecule has 0 atom stereocenters. The Morgan fingerprint density at radius 2 is 1.43 bits per heavy atom. The molecule has 0 heterocycles. The van der Waals surface area contributed by atoms with Gasteiger partial charge in [-0.1, -0.05) is 0 Å². The van der Waals surface area contributed by atoms with E-state index in [2.05, 4.69) is 0 Å². The minimum absolute atomic E-state index is 0.116. The molecule has 0 radical (unpaired) electrons. The van der Waals surface area contributed by atoms with E-state index in [0.29, 0.717) is 6.07 Å². The van der Waals surface area contributed by atoms with Crippen molar-refractivity contribution in [1.29, 1.82) is 0 Å². The van der Waals surface area contributed by atoms with Crippen LogP contribution in [0.3, 0.4) is 0 Å². The summed E-state index contributed by atoms with van der Waals surface area (Å²) in [5.41, 5.74) is -1.38.